The van der Waals surface area contributed by atoms with Crippen LogP contribution >= 0.6 is 0 Å². The molecule has 0 spiro atoms. The standard InChI is InChI=1S/C16H18N4O3/c1-10(21)17-13-8-22-16-14(9-23-15(13)16)20-7-12(18-19-20)11-5-3-2-4-6-11/h2-7,13-16H,8-9H2,1H3,(H,17,21)/t13-,14-,15+,16+/m0/s1. The molecule has 7 nitrogen and oxygen atoms in total. The number of nitrogens with zero attached hydrogens (tertiary/aromatic N) is 3. The van der Waals surface area contributed by atoms with Crippen molar-refractivity contribution in [3.05, 3.63) is 36.5 Å². The number of hydrogen-bond acceptors (Lipinski definition) is 5. The van der Waals surface area contributed by atoms with Crippen LogP contribution in [-0.2, 0) is 14.3 Å². The minimum Gasteiger partial charge on any atom is -0.371 e. The topological polar surface area (TPSA) is 78.3 Å². The number of carbonyl (C=O) groups excluding carboxylic acids is 1. The minimum atomic E-state index is -0.131. The van der Waals surface area contributed by atoms with Gasteiger partial charge in [0.05, 0.1) is 25.5 Å². The summed E-state index contributed by atoms with van der Waals surface area (Å²) < 4.78 is 13.5. The number of fused-ring (bicyclic) bond motifs is 1. The van der Waals surface area contributed by atoms with Crippen molar-refractivity contribution < 1.29 is 14.3 Å². The zero-order chi connectivity index (χ0) is 15.8. The Labute approximate surface area is 133 Å². The molecule has 1 N–H and O–H groups in total. The molecular weight excluding hydrogens is 296 g/mol. The van der Waals surface area contributed by atoms with Crippen LogP contribution in [0.3, 0.4) is 0 Å². The van der Waals surface area contributed by atoms with Crippen LogP contribution in [0.4, 0.5) is 0 Å². The molecule has 1 aromatic heterocycles. The number of benzene rings is 1. The molecule has 23 heavy (non-hydrogen) atoms. The molecule has 1 aromatic carbocycles. The number of nitrogens with one attached hydrogen (secondary N) is 1. The Morgan fingerprint density at radius 1 is 1.22 bits per heavy atom. The fourth-order valence-corrected chi connectivity index (χ4v) is 3.27. The lowest BCUT2D eigenvalue weighted by Crippen LogP contribution is -2.43. The van der Waals surface area contributed by atoms with Gasteiger partial charge < -0.3 is 14.8 Å². The first-order valence-electron chi connectivity index (χ1n) is 7.70. The van der Waals surface area contributed by atoms with Crippen LogP contribution in [0.5, 0.6) is 0 Å². The van der Waals surface area contributed by atoms with Gasteiger partial charge in [-0.25, -0.2) is 4.68 Å². The van der Waals surface area contributed by atoms with Gasteiger partial charge in [0, 0.05) is 12.5 Å². The summed E-state index contributed by atoms with van der Waals surface area (Å²) in [4.78, 5) is 11.3. The van der Waals surface area contributed by atoms with Crippen molar-refractivity contribution >= 4 is 5.91 Å². The van der Waals surface area contributed by atoms with E-state index >= 15 is 0 Å². The molecule has 0 saturated carbocycles. The number of aromatic nitrogens is 3. The van der Waals surface area contributed by atoms with Gasteiger partial charge in [0.25, 0.3) is 0 Å². The maximum atomic E-state index is 11.3. The van der Waals surface area contributed by atoms with Crippen molar-refractivity contribution in [3.63, 3.8) is 0 Å². The average molecular weight is 314 g/mol. The Kier molecular flexibility index (Phi) is 3.59. The Balaban J connectivity index is 1.52. The lowest BCUT2D eigenvalue weighted by atomic mass is 10.1. The molecular formula is C16H18N4O3. The van der Waals surface area contributed by atoms with Gasteiger partial charge >= 0.3 is 0 Å². The van der Waals surface area contributed by atoms with Crippen molar-refractivity contribution in [1.29, 1.82) is 0 Å². The zero-order valence-corrected chi connectivity index (χ0v) is 12.8. The molecule has 2 aromatic rings. The first-order chi connectivity index (χ1) is 11.2. The van der Waals surface area contributed by atoms with Crippen molar-refractivity contribution in [2.24, 2.45) is 0 Å². The number of carbonyl (C=O) groups is 1. The molecule has 2 fully saturated rings. The molecule has 0 radical (unpaired) electrons. The number of amides is 1. The first-order valence-corrected chi connectivity index (χ1v) is 7.70. The minimum absolute atomic E-state index is 0.0243. The van der Waals surface area contributed by atoms with E-state index in [0.717, 1.165) is 11.3 Å². The van der Waals surface area contributed by atoms with E-state index in [-0.39, 0.29) is 30.2 Å². The Morgan fingerprint density at radius 2 is 2.00 bits per heavy atom. The predicted molar refractivity (Wildman–Crippen MR) is 81.6 cm³/mol. The largest absolute Gasteiger partial charge is 0.371 e. The lowest BCUT2D eigenvalue weighted by molar-refractivity contribution is -0.120. The molecule has 0 aliphatic carbocycles. The quantitative estimate of drug-likeness (QED) is 0.906. The van der Waals surface area contributed by atoms with Gasteiger partial charge in [-0.2, -0.15) is 0 Å². The van der Waals surface area contributed by atoms with Crippen LogP contribution < -0.4 is 5.32 Å². The van der Waals surface area contributed by atoms with Crippen molar-refractivity contribution in [3.8, 4) is 11.3 Å². The van der Waals surface area contributed by atoms with Gasteiger partial charge in [-0.3, -0.25) is 4.79 Å². The summed E-state index contributed by atoms with van der Waals surface area (Å²) in [6, 6.07) is 9.80. The summed E-state index contributed by atoms with van der Waals surface area (Å²) in [7, 11) is 0. The molecule has 2 saturated heterocycles. The van der Waals surface area contributed by atoms with Crippen LogP contribution in [-0.4, -0.2) is 52.4 Å². The van der Waals surface area contributed by atoms with Gasteiger partial charge in [-0.1, -0.05) is 35.5 Å². The molecule has 1 amide bonds. The van der Waals surface area contributed by atoms with Crippen LogP contribution in [0.1, 0.15) is 13.0 Å². The number of ether oxygens (including phenoxy) is 2. The van der Waals surface area contributed by atoms with Crippen molar-refractivity contribution in [1.82, 2.24) is 20.3 Å². The monoisotopic (exact) mass is 314 g/mol. The number of rotatable bonds is 3. The van der Waals surface area contributed by atoms with Gasteiger partial charge in [-0.15, -0.1) is 5.10 Å². The zero-order valence-electron chi connectivity index (χ0n) is 12.8. The predicted octanol–water partition coefficient (Wildman–Crippen LogP) is 0.788. The normalized spacial score (nSPS) is 29.4. The maximum Gasteiger partial charge on any atom is 0.217 e. The summed E-state index contributed by atoms with van der Waals surface area (Å²) in [5, 5.41) is 11.4. The fourth-order valence-electron chi connectivity index (χ4n) is 3.27. The van der Waals surface area contributed by atoms with E-state index in [2.05, 4.69) is 15.6 Å². The molecule has 4 rings (SSSR count). The van der Waals surface area contributed by atoms with E-state index in [0.29, 0.717) is 13.2 Å². The second-order valence-corrected chi connectivity index (χ2v) is 5.92. The highest BCUT2D eigenvalue weighted by atomic mass is 16.6. The molecule has 7 heteroatoms. The van der Waals surface area contributed by atoms with Crippen LogP contribution in [0.2, 0.25) is 0 Å². The van der Waals surface area contributed by atoms with Crippen molar-refractivity contribution in [2.75, 3.05) is 13.2 Å². The van der Waals surface area contributed by atoms with Gasteiger partial charge in [0.1, 0.15) is 23.9 Å². The number of hydrogen-bond donors (Lipinski definition) is 1. The van der Waals surface area contributed by atoms with Crippen LogP contribution in [0, 0.1) is 0 Å². The lowest BCUT2D eigenvalue weighted by Gasteiger charge is -2.16. The van der Waals surface area contributed by atoms with E-state index in [1.807, 2.05) is 41.2 Å². The van der Waals surface area contributed by atoms with Crippen LogP contribution in [0.15, 0.2) is 36.5 Å². The van der Waals surface area contributed by atoms with E-state index in [9.17, 15) is 4.79 Å². The van der Waals surface area contributed by atoms with Gasteiger partial charge in [-0.05, 0) is 0 Å². The second kappa shape index (κ2) is 5.75. The molecule has 0 bridgehead atoms. The fraction of sp³-hybridized carbons (Fsp3) is 0.438. The smallest absolute Gasteiger partial charge is 0.217 e. The summed E-state index contributed by atoms with van der Waals surface area (Å²) >= 11 is 0. The summed E-state index contributed by atoms with van der Waals surface area (Å²) in [6.45, 7) is 2.47. The Hall–Kier alpha value is -2.25. The summed E-state index contributed by atoms with van der Waals surface area (Å²) in [6.07, 6.45) is 1.67. The Morgan fingerprint density at radius 3 is 2.78 bits per heavy atom. The van der Waals surface area contributed by atoms with Gasteiger partial charge in [0.2, 0.25) is 5.91 Å². The molecule has 2 aliphatic heterocycles. The maximum absolute atomic E-state index is 11.3. The summed E-state index contributed by atoms with van der Waals surface area (Å²) in [5.41, 5.74) is 1.85. The molecule has 0 unspecified atom stereocenters. The van der Waals surface area contributed by atoms with E-state index in [4.69, 9.17) is 9.47 Å². The van der Waals surface area contributed by atoms with Crippen molar-refractivity contribution in [2.45, 2.75) is 31.2 Å². The average Bonchev–Trinajstić information content (AvgIpc) is 3.25. The summed E-state index contributed by atoms with van der Waals surface area (Å²) in [5.74, 6) is -0.0709. The highest BCUT2D eigenvalue weighted by molar-refractivity contribution is 5.73. The Bertz CT molecular complexity index is 702. The van der Waals surface area contributed by atoms with E-state index in [1.165, 1.54) is 6.92 Å². The van der Waals surface area contributed by atoms with Gasteiger partial charge in [0.15, 0.2) is 0 Å². The third-order valence-electron chi connectivity index (χ3n) is 4.34. The third kappa shape index (κ3) is 2.62. The van der Waals surface area contributed by atoms with Crippen LogP contribution in [0.25, 0.3) is 11.3 Å². The highest BCUT2D eigenvalue weighted by Crippen LogP contribution is 2.34. The molecule has 4 atom stereocenters. The van der Waals surface area contributed by atoms with E-state index < -0.39 is 0 Å². The first kappa shape index (κ1) is 14.3. The molecule has 120 valence electrons. The molecule has 3 heterocycles. The third-order valence-corrected chi connectivity index (χ3v) is 4.34. The second-order valence-electron chi connectivity index (χ2n) is 5.92. The van der Waals surface area contributed by atoms with E-state index in [1.54, 1.807) is 0 Å². The molecule has 2 aliphatic rings. The SMILES string of the molecule is CC(=O)N[C@H]1CO[C@H]2[C@@H]1OC[C@@H]2n1cc(-c2ccccc2)nn1. The highest BCUT2D eigenvalue weighted by Gasteiger charge is 2.49.